The second-order valence-corrected chi connectivity index (χ2v) is 4.54. The number of hydrogen-bond donors (Lipinski definition) is 2. The molecule has 0 fully saturated rings. The van der Waals surface area contributed by atoms with Crippen LogP contribution in [-0.4, -0.2) is 22.2 Å². The lowest BCUT2D eigenvalue weighted by molar-refractivity contribution is -0.148. The highest BCUT2D eigenvalue weighted by atomic mass is 16.4. The van der Waals surface area contributed by atoms with Gasteiger partial charge >= 0.3 is 11.9 Å². The van der Waals surface area contributed by atoms with Crippen LogP contribution < -0.4 is 0 Å². The lowest BCUT2D eigenvalue weighted by Crippen LogP contribution is -2.17. The predicted molar refractivity (Wildman–Crippen MR) is 66.0 cm³/mol. The van der Waals surface area contributed by atoms with Gasteiger partial charge in [-0.3, -0.25) is 9.59 Å². The Hall–Kier alpha value is -1.06. The first-order chi connectivity index (χ1) is 8.07. The quantitative estimate of drug-likeness (QED) is 0.547. The van der Waals surface area contributed by atoms with Crippen molar-refractivity contribution in [1.29, 1.82) is 0 Å². The van der Waals surface area contributed by atoms with E-state index >= 15 is 0 Å². The van der Waals surface area contributed by atoms with Crippen LogP contribution in [0.25, 0.3) is 0 Å². The lowest BCUT2D eigenvalue weighted by Gasteiger charge is -2.09. The van der Waals surface area contributed by atoms with Crippen LogP contribution in [0.5, 0.6) is 0 Å². The van der Waals surface area contributed by atoms with E-state index in [1.165, 1.54) is 25.7 Å². The third-order valence-electron chi connectivity index (χ3n) is 2.93. The topological polar surface area (TPSA) is 74.6 Å². The van der Waals surface area contributed by atoms with Crippen molar-refractivity contribution in [3.8, 4) is 0 Å². The Labute approximate surface area is 103 Å². The van der Waals surface area contributed by atoms with Gasteiger partial charge in [0.1, 0.15) is 0 Å². The normalized spacial score (nSPS) is 12.3. The van der Waals surface area contributed by atoms with Gasteiger partial charge in [-0.2, -0.15) is 0 Å². The maximum atomic E-state index is 10.8. The summed E-state index contributed by atoms with van der Waals surface area (Å²) >= 11 is 0. The largest absolute Gasteiger partial charge is 0.481 e. The fourth-order valence-corrected chi connectivity index (χ4v) is 1.87. The lowest BCUT2D eigenvalue weighted by atomic mass is 9.97. The zero-order valence-corrected chi connectivity index (χ0v) is 10.7. The molecule has 0 aliphatic carbocycles. The number of carbonyl (C=O) groups is 2. The van der Waals surface area contributed by atoms with Gasteiger partial charge in [-0.1, -0.05) is 51.9 Å². The highest BCUT2D eigenvalue weighted by Gasteiger charge is 2.19. The van der Waals surface area contributed by atoms with Crippen LogP contribution in [0.15, 0.2) is 0 Å². The monoisotopic (exact) mass is 244 g/mol. The van der Waals surface area contributed by atoms with Gasteiger partial charge < -0.3 is 10.2 Å². The molecule has 0 amide bonds. The molecular formula is C13H24O4. The molecule has 0 bridgehead atoms. The summed E-state index contributed by atoms with van der Waals surface area (Å²) in [5.74, 6) is -2.73. The number of carboxylic acids is 2. The molecule has 0 heterocycles. The fourth-order valence-electron chi connectivity index (χ4n) is 1.87. The molecule has 0 saturated heterocycles. The van der Waals surface area contributed by atoms with E-state index in [0.717, 1.165) is 19.3 Å². The highest BCUT2D eigenvalue weighted by Crippen LogP contribution is 2.15. The molecule has 0 aromatic rings. The molecule has 4 nitrogen and oxygen atoms in total. The third-order valence-corrected chi connectivity index (χ3v) is 2.93. The maximum Gasteiger partial charge on any atom is 0.307 e. The molecule has 100 valence electrons. The fraction of sp³-hybridized carbons (Fsp3) is 0.846. The number of carboxylic acid groups (broad SMARTS) is 2. The number of unbranched alkanes of at least 4 members (excludes halogenated alkanes) is 6. The summed E-state index contributed by atoms with van der Waals surface area (Å²) in [6.07, 6.45) is 8.10. The summed E-state index contributed by atoms with van der Waals surface area (Å²) in [7, 11) is 0. The summed E-state index contributed by atoms with van der Waals surface area (Å²) in [5.41, 5.74) is 0. The second kappa shape index (κ2) is 10.1. The summed E-state index contributed by atoms with van der Waals surface area (Å²) in [6, 6.07) is 0. The van der Waals surface area contributed by atoms with Gasteiger partial charge in [0.25, 0.3) is 0 Å². The van der Waals surface area contributed by atoms with Gasteiger partial charge in [0, 0.05) is 0 Å². The Morgan fingerprint density at radius 1 is 0.941 bits per heavy atom. The standard InChI is InChI=1S/C13H24O4/c1-2-3-4-5-6-7-8-9-11(13(16)17)10-12(14)15/h11H,2-10H2,1H3,(H,14,15)(H,16,17). The molecular weight excluding hydrogens is 220 g/mol. The van der Waals surface area contributed by atoms with Gasteiger partial charge in [-0.15, -0.1) is 0 Å². The van der Waals surface area contributed by atoms with Gasteiger partial charge in [0.15, 0.2) is 0 Å². The molecule has 4 heteroatoms. The van der Waals surface area contributed by atoms with E-state index in [9.17, 15) is 9.59 Å². The van der Waals surface area contributed by atoms with Crippen LogP contribution in [0, 0.1) is 5.92 Å². The van der Waals surface area contributed by atoms with Crippen molar-refractivity contribution in [1.82, 2.24) is 0 Å². The van der Waals surface area contributed by atoms with Crippen molar-refractivity contribution in [3.05, 3.63) is 0 Å². The molecule has 1 atom stereocenters. The molecule has 0 saturated carbocycles. The van der Waals surface area contributed by atoms with Gasteiger partial charge in [-0.25, -0.2) is 0 Å². The minimum Gasteiger partial charge on any atom is -0.481 e. The third kappa shape index (κ3) is 9.85. The van der Waals surface area contributed by atoms with E-state index in [2.05, 4.69) is 6.92 Å². The van der Waals surface area contributed by atoms with Crippen LogP contribution in [0.1, 0.15) is 64.7 Å². The zero-order chi connectivity index (χ0) is 13.1. The molecule has 0 spiro atoms. The highest BCUT2D eigenvalue weighted by molar-refractivity contribution is 5.77. The second-order valence-electron chi connectivity index (χ2n) is 4.54. The Kier molecular flexibility index (Phi) is 9.49. The van der Waals surface area contributed by atoms with Crippen molar-refractivity contribution in [2.45, 2.75) is 64.7 Å². The Morgan fingerprint density at radius 3 is 1.94 bits per heavy atom. The smallest absolute Gasteiger partial charge is 0.307 e. The van der Waals surface area contributed by atoms with Crippen LogP contribution in [-0.2, 0) is 9.59 Å². The van der Waals surface area contributed by atoms with Gasteiger partial charge in [-0.05, 0) is 6.42 Å². The molecule has 0 rings (SSSR count). The van der Waals surface area contributed by atoms with E-state index < -0.39 is 17.9 Å². The van der Waals surface area contributed by atoms with Crippen molar-refractivity contribution in [2.75, 3.05) is 0 Å². The molecule has 0 aromatic carbocycles. The summed E-state index contributed by atoms with van der Waals surface area (Å²) < 4.78 is 0. The minimum absolute atomic E-state index is 0.259. The summed E-state index contributed by atoms with van der Waals surface area (Å²) in [4.78, 5) is 21.2. The first-order valence-electron chi connectivity index (χ1n) is 6.52. The maximum absolute atomic E-state index is 10.8. The van der Waals surface area contributed by atoms with E-state index in [4.69, 9.17) is 10.2 Å². The zero-order valence-electron chi connectivity index (χ0n) is 10.7. The average molecular weight is 244 g/mol. The molecule has 0 aromatic heterocycles. The number of hydrogen-bond acceptors (Lipinski definition) is 2. The molecule has 0 aliphatic rings. The molecule has 2 N–H and O–H groups in total. The minimum atomic E-state index is -1.03. The first-order valence-corrected chi connectivity index (χ1v) is 6.52. The molecule has 0 radical (unpaired) electrons. The Bertz CT molecular complexity index is 225. The van der Waals surface area contributed by atoms with Crippen LogP contribution in [0.3, 0.4) is 0 Å². The van der Waals surface area contributed by atoms with E-state index in [1.807, 2.05) is 0 Å². The summed E-state index contributed by atoms with van der Waals surface area (Å²) in [5, 5.41) is 17.4. The van der Waals surface area contributed by atoms with Crippen LogP contribution >= 0.6 is 0 Å². The SMILES string of the molecule is CCCCCCCCCC(CC(=O)O)C(=O)O. The van der Waals surface area contributed by atoms with E-state index in [-0.39, 0.29) is 6.42 Å². The Morgan fingerprint density at radius 2 is 1.47 bits per heavy atom. The number of aliphatic carboxylic acids is 2. The van der Waals surface area contributed by atoms with Gasteiger partial charge in [0.2, 0.25) is 0 Å². The number of rotatable bonds is 11. The summed E-state index contributed by atoms with van der Waals surface area (Å²) in [6.45, 7) is 2.17. The Balaban J connectivity index is 3.55. The van der Waals surface area contributed by atoms with Crippen molar-refractivity contribution in [3.63, 3.8) is 0 Å². The van der Waals surface area contributed by atoms with Crippen molar-refractivity contribution < 1.29 is 19.8 Å². The molecule has 1 unspecified atom stereocenters. The van der Waals surface area contributed by atoms with Crippen LogP contribution in [0.2, 0.25) is 0 Å². The van der Waals surface area contributed by atoms with Crippen LogP contribution in [0.4, 0.5) is 0 Å². The molecule has 17 heavy (non-hydrogen) atoms. The first kappa shape index (κ1) is 15.9. The molecule has 0 aliphatic heterocycles. The van der Waals surface area contributed by atoms with E-state index in [1.54, 1.807) is 0 Å². The van der Waals surface area contributed by atoms with E-state index in [0.29, 0.717) is 6.42 Å². The van der Waals surface area contributed by atoms with Gasteiger partial charge in [0.05, 0.1) is 12.3 Å². The van der Waals surface area contributed by atoms with Crippen molar-refractivity contribution in [2.24, 2.45) is 5.92 Å². The van der Waals surface area contributed by atoms with Crippen molar-refractivity contribution >= 4 is 11.9 Å². The predicted octanol–water partition coefficient (Wildman–Crippen LogP) is 3.30. The average Bonchev–Trinajstić information content (AvgIpc) is 2.25.